The molecule has 0 atom stereocenters. The van der Waals surface area contributed by atoms with Crippen LogP contribution in [0.1, 0.15) is 11.4 Å². The van der Waals surface area contributed by atoms with E-state index in [9.17, 15) is 0 Å². The van der Waals surface area contributed by atoms with Crippen LogP contribution < -0.4 is 0 Å². The Bertz CT molecular complexity index is 1050. The van der Waals surface area contributed by atoms with Crippen molar-refractivity contribution in [1.82, 2.24) is 19.7 Å². The van der Waals surface area contributed by atoms with Crippen LogP contribution in [0.5, 0.6) is 0 Å². The van der Waals surface area contributed by atoms with Gasteiger partial charge in [-0.1, -0.05) is 66.7 Å². The van der Waals surface area contributed by atoms with Crippen LogP contribution in [-0.2, 0) is 19.6 Å². The van der Waals surface area contributed by atoms with Crippen molar-refractivity contribution in [1.29, 1.82) is 0 Å². The zero-order chi connectivity index (χ0) is 17.3. The minimum atomic E-state index is 0.840. The fourth-order valence-electron chi connectivity index (χ4n) is 3.74. The van der Waals surface area contributed by atoms with E-state index in [1.165, 1.54) is 16.3 Å². The summed E-state index contributed by atoms with van der Waals surface area (Å²) in [5.41, 5.74) is 2.48. The Hall–Kier alpha value is -2.98. The monoisotopic (exact) mass is 340 g/mol. The molecule has 0 spiro atoms. The zero-order valence-corrected chi connectivity index (χ0v) is 14.5. The van der Waals surface area contributed by atoms with Gasteiger partial charge in [-0.05, 0) is 22.4 Å². The number of hydrogen-bond donors (Lipinski definition) is 0. The van der Waals surface area contributed by atoms with E-state index in [2.05, 4.69) is 74.3 Å². The number of aromatic nitrogens is 3. The third-order valence-corrected chi connectivity index (χ3v) is 5.08. The summed E-state index contributed by atoms with van der Waals surface area (Å²) >= 11 is 0. The van der Waals surface area contributed by atoms with E-state index >= 15 is 0 Å². The molecule has 0 fully saturated rings. The Morgan fingerprint density at radius 3 is 2.46 bits per heavy atom. The van der Waals surface area contributed by atoms with E-state index in [1.54, 1.807) is 0 Å². The molecule has 2 heterocycles. The third-order valence-electron chi connectivity index (χ3n) is 5.08. The molecule has 0 unspecified atom stereocenters. The lowest BCUT2D eigenvalue weighted by Gasteiger charge is -2.27. The SMILES string of the molecule is c1ccc(-c2nnc3n2CCN(Cc2ccc4ccccc4c2)C3)cc1. The third kappa shape index (κ3) is 2.78. The Balaban J connectivity index is 1.36. The smallest absolute Gasteiger partial charge is 0.164 e. The quantitative estimate of drug-likeness (QED) is 0.563. The predicted octanol–water partition coefficient (Wildman–Crippen LogP) is 4.11. The second kappa shape index (κ2) is 6.39. The second-order valence-corrected chi connectivity index (χ2v) is 6.85. The molecule has 0 amide bonds. The minimum absolute atomic E-state index is 0.840. The van der Waals surface area contributed by atoms with Crippen LogP contribution in [0, 0.1) is 0 Å². The van der Waals surface area contributed by atoms with E-state index < -0.39 is 0 Å². The van der Waals surface area contributed by atoms with Crippen LogP contribution in [0.2, 0.25) is 0 Å². The first kappa shape index (κ1) is 15.3. The van der Waals surface area contributed by atoms with Gasteiger partial charge in [0.15, 0.2) is 5.82 Å². The van der Waals surface area contributed by atoms with Crippen LogP contribution in [0.25, 0.3) is 22.2 Å². The molecule has 0 bridgehead atoms. The molecule has 1 aliphatic rings. The highest BCUT2D eigenvalue weighted by Crippen LogP contribution is 2.23. The van der Waals surface area contributed by atoms with Gasteiger partial charge in [0.1, 0.15) is 5.82 Å². The summed E-state index contributed by atoms with van der Waals surface area (Å²) in [7, 11) is 0. The maximum absolute atomic E-state index is 4.45. The van der Waals surface area contributed by atoms with Crippen LogP contribution in [0.3, 0.4) is 0 Å². The molecule has 0 aliphatic carbocycles. The molecular formula is C22H20N4. The molecule has 0 saturated heterocycles. The topological polar surface area (TPSA) is 34.0 Å². The summed E-state index contributed by atoms with van der Waals surface area (Å²) in [6.45, 7) is 3.73. The zero-order valence-electron chi connectivity index (χ0n) is 14.5. The lowest BCUT2D eigenvalue weighted by Crippen LogP contribution is -2.33. The lowest BCUT2D eigenvalue weighted by molar-refractivity contribution is 0.209. The molecule has 1 aliphatic heterocycles. The van der Waals surface area contributed by atoms with E-state index in [-0.39, 0.29) is 0 Å². The van der Waals surface area contributed by atoms with Gasteiger partial charge >= 0.3 is 0 Å². The van der Waals surface area contributed by atoms with Gasteiger partial charge in [0.25, 0.3) is 0 Å². The first-order valence-electron chi connectivity index (χ1n) is 9.04. The van der Waals surface area contributed by atoms with Gasteiger partial charge in [0.2, 0.25) is 0 Å². The highest BCUT2D eigenvalue weighted by Gasteiger charge is 2.21. The molecule has 128 valence electrons. The van der Waals surface area contributed by atoms with Crippen molar-refractivity contribution in [2.75, 3.05) is 6.54 Å². The maximum Gasteiger partial charge on any atom is 0.164 e. The van der Waals surface area contributed by atoms with Gasteiger partial charge in [-0.3, -0.25) is 4.90 Å². The molecule has 0 N–H and O–H groups in total. The summed E-state index contributed by atoms with van der Waals surface area (Å²) in [5.74, 6) is 2.03. The highest BCUT2D eigenvalue weighted by molar-refractivity contribution is 5.82. The van der Waals surface area contributed by atoms with Crippen molar-refractivity contribution in [2.45, 2.75) is 19.6 Å². The molecule has 0 saturated carbocycles. The molecule has 4 heteroatoms. The standard InChI is InChI=1S/C22H20N4/c1-2-7-19(8-3-1)22-24-23-21-16-25(12-13-26(21)22)15-17-10-11-18-6-4-5-9-20(18)14-17/h1-11,14H,12-13,15-16H2. The van der Waals surface area contributed by atoms with Crippen molar-refractivity contribution in [3.8, 4) is 11.4 Å². The molecule has 5 rings (SSSR count). The van der Waals surface area contributed by atoms with Crippen LogP contribution in [-0.4, -0.2) is 26.2 Å². The predicted molar refractivity (Wildman–Crippen MR) is 104 cm³/mol. The Kier molecular flexibility index (Phi) is 3.76. The van der Waals surface area contributed by atoms with Crippen molar-refractivity contribution in [3.05, 3.63) is 84.2 Å². The van der Waals surface area contributed by atoms with E-state index in [0.717, 1.165) is 43.4 Å². The largest absolute Gasteiger partial charge is 0.309 e. The summed E-state index contributed by atoms with van der Waals surface area (Å²) in [6, 6.07) is 25.6. The van der Waals surface area contributed by atoms with E-state index in [0.29, 0.717) is 0 Å². The fraction of sp³-hybridized carbons (Fsp3) is 0.182. The lowest BCUT2D eigenvalue weighted by atomic mass is 10.1. The molecule has 4 nitrogen and oxygen atoms in total. The van der Waals surface area contributed by atoms with E-state index in [1.807, 2.05) is 18.2 Å². The molecule has 0 radical (unpaired) electrons. The Morgan fingerprint density at radius 2 is 1.58 bits per heavy atom. The van der Waals surface area contributed by atoms with Crippen LogP contribution >= 0.6 is 0 Å². The van der Waals surface area contributed by atoms with Gasteiger partial charge in [-0.25, -0.2) is 0 Å². The van der Waals surface area contributed by atoms with Gasteiger partial charge < -0.3 is 4.57 Å². The number of rotatable bonds is 3. The van der Waals surface area contributed by atoms with Gasteiger partial charge in [0, 0.05) is 25.2 Å². The molecule has 3 aromatic carbocycles. The number of hydrogen-bond acceptors (Lipinski definition) is 3. The van der Waals surface area contributed by atoms with Crippen molar-refractivity contribution in [3.63, 3.8) is 0 Å². The second-order valence-electron chi connectivity index (χ2n) is 6.85. The van der Waals surface area contributed by atoms with Gasteiger partial charge in [-0.2, -0.15) is 0 Å². The summed E-state index contributed by atoms with van der Waals surface area (Å²) in [6.07, 6.45) is 0. The maximum atomic E-state index is 4.45. The van der Waals surface area contributed by atoms with E-state index in [4.69, 9.17) is 0 Å². The Labute approximate surface area is 152 Å². The normalized spacial score (nSPS) is 14.5. The summed E-state index contributed by atoms with van der Waals surface area (Å²) in [4.78, 5) is 2.45. The first-order valence-corrected chi connectivity index (χ1v) is 9.04. The van der Waals surface area contributed by atoms with Crippen LogP contribution in [0.4, 0.5) is 0 Å². The van der Waals surface area contributed by atoms with Crippen LogP contribution in [0.15, 0.2) is 72.8 Å². The summed E-state index contributed by atoms with van der Waals surface area (Å²) in [5, 5.41) is 11.5. The minimum Gasteiger partial charge on any atom is -0.309 e. The number of nitrogens with zero attached hydrogens (tertiary/aromatic N) is 4. The average molecular weight is 340 g/mol. The number of benzene rings is 3. The average Bonchev–Trinajstić information content (AvgIpc) is 3.12. The summed E-state index contributed by atoms with van der Waals surface area (Å²) < 4.78 is 2.26. The van der Waals surface area contributed by atoms with Crippen molar-refractivity contribution < 1.29 is 0 Å². The highest BCUT2D eigenvalue weighted by atomic mass is 15.3. The number of fused-ring (bicyclic) bond motifs is 2. The molecule has 4 aromatic rings. The Morgan fingerprint density at radius 1 is 0.769 bits per heavy atom. The fourth-order valence-corrected chi connectivity index (χ4v) is 3.74. The van der Waals surface area contributed by atoms with Gasteiger partial charge in [-0.15, -0.1) is 10.2 Å². The van der Waals surface area contributed by atoms with Gasteiger partial charge in [0.05, 0.1) is 6.54 Å². The van der Waals surface area contributed by atoms with Crippen molar-refractivity contribution in [2.24, 2.45) is 0 Å². The molecule has 26 heavy (non-hydrogen) atoms. The molecular weight excluding hydrogens is 320 g/mol. The first-order chi connectivity index (χ1) is 12.9. The molecule has 1 aromatic heterocycles. The van der Waals surface area contributed by atoms with Crippen molar-refractivity contribution >= 4 is 10.8 Å².